The maximum atomic E-state index is 12.3. The molecule has 2 N–H and O–H groups in total. The van der Waals surface area contributed by atoms with Crippen molar-refractivity contribution < 1.29 is 9.53 Å². The Bertz CT molecular complexity index is 518. The molecule has 0 aromatic heterocycles. The smallest absolute Gasteiger partial charge is 0.226 e. The number of methoxy groups -OCH3 is 1. The molecule has 4 atom stereocenters. The summed E-state index contributed by atoms with van der Waals surface area (Å²) < 4.78 is 5.27. The van der Waals surface area contributed by atoms with Crippen molar-refractivity contribution in [1.29, 1.82) is 0 Å². The molecule has 1 aromatic rings. The van der Waals surface area contributed by atoms with Gasteiger partial charge in [-0.1, -0.05) is 38.8 Å². The highest BCUT2D eigenvalue weighted by atomic mass is 16.5. The summed E-state index contributed by atoms with van der Waals surface area (Å²) in [6, 6.07) is 8.19. The molecule has 0 saturated heterocycles. The first kappa shape index (κ1) is 17.8. The average molecular weight is 318 g/mol. The monoisotopic (exact) mass is 318 g/mol. The molecule has 0 aliphatic heterocycles. The van der Waals surface area contributed by atoms with E-state index in [4.69, 9.17) is 4.74 Å². The average Bonchev–Trinajstić information content (AvgIpc) is 2.52. The van der Waals surface area contributed by atoms with Crippen LogP contribution < -0.4 is 15.4 Å². The third kappa shape index (κ3) is 4.96. The second-order valence-corrected chi connectivity index (χ2v) is 6.89. The Morgan fingerprint density at radius 1 is 1.30 bits per heavy atom. The van der Waals surface area contributed by atoms with Crippen LogP contribution in [0.1, 0.15) is 46.5 Å². The number of nitrogens with one attached hydrogen (secondary N) is 2. The normalized spacial score (nSPS) is 25.7. The predicted molar refractivity (Wildman–Crippen MR) is 94.8 cm³/mol. The summed E-state index contributed by atoms with van der Waals surface area (Å²) in [5.41, 5.74) is 0.729. The third-order valence-corrected chi connectivity index (χ3v) is 5.08. The van der Waals surface area contributed by atoms with Crippen LogP contribution in [0.25, 0.3) is 0 Å². The molecule has 1 saturated carbocycles. The van der Waals surface area contributed by atoms with E-state index in [9.17, 15) is 4.79 Å². The number of anilines is 1. The molecule has 128 valence electrons. The van der Waals surface area contributed by atoms with Crippen molar-refractivity contribution in [2.24, 2.45) is 11.8 Å². The number of benzene rings is 1. The van der Waals surface area contributed by atoms with Crippen LogP contribution in [0, 0.1) is 11.8 Å². The SMILES string of the molecule is COc1ccccc1NC(=O)C[C@H](C)N[C@H]1CCC[C@H](C)[C@H]1C. The van der Waals surface area contributed by atoms with E-state index in [0.29, 0.717) is 24.1 Å². The number of para-hydroxylation sites is 2. The molecule has 1 amide bonds. The summed E-state index contributed by atoms with van der Waals surface area (Å²) in [5.74, 6) is 2.14. The molecule has 2 rings (SSSR count). The van der Waals surface area contributed by atoms with Crippen molar-refractivity contribution in [3.63, 3.8) is 0 Å². The van der Waals surface area contributed by atoms with Crippen LogP contribution in [0.4, 0.5) is 5.69 Å². The van der Waals surface area contributed by atoms with Gasteiger partial charge in [0.2, 0.25) is 5.91 Å². The van der Waals surface area contributed by atoms with Gasteiger partial charge in [0, 0.05) is 18.5 Å². The molecule has 4 heteroatoms. The van der Waals surface area contributed by atoms with E-state index in [2.05, 4.69) is 31.4 Å². The predicted octanol–water partition coefficient (Wildman–Crippen LogP) is 3.83. The first-order chi connectivity index (χ1) is 11.0. The Hall–Kier alpha value is -1.55. The molecule has 1 aliphatic carbocycles. The number of carbonyl (C=O) groups is 1. The van der Waals surface area contributed by atoms with E-state index < -0.39 is 0 Å². The highest BCUT2D eigenvalue weighted by Gasteiger charge is 2.28. The first-order valence-electron chi connectivity index (χ1n) is 8.70. The molecule has 1 aliphatic rings. The van der Waals surface area contributed by atoms with Crippen molar-refractivity contribution in [2.75, 3.05) is 12.4 Å². The molecule has 0 heterocycles. The molecule has 23 heavy (non-hydrogen) atoms. The van der Waals surface area contributed by atoms with Crippen molar-refractivity contribution in [1.82, 2.24) is 5.32 Å². The molecule has 1 fully saturated rings. The standard InChI is InChI=1S/C19H30N2O2/c1-13-8-7-10-16(15(13)3)20-14(2)12-19(22)21-17-9-5-6-11-18(17)23-4/h5-6,9,11,13-16,20H,7-8,10,12H2,1-4H3,(H,21,22)/t13-,14-,15+,16-/m0/s1. The van der Waals surface area contributed by atoms with E-state index in [0.717, 1.165) is 11.6 Å². The number of hydrogen-bond acceptors (Lipinski definition) is 3. The minimum Gasteiger partial charge on any atom is -0.495 e. The zero-order valence-corrected chi connectivity index (χ0v) is 14.8. The molecule has 1 aromatic carbocycles. The Labute approximate surface area is 140 Å². The van der Waals surface area contributed by atoms with Crippen molar-refractivity contribution in [3.05, 3.63) is 24.3 Å². The summed E-state index contributed by atoms with van der Waals surface area (Å²) in [4.78, 5) is 12.3. The Kier molecular flexibility index (Phi) is 6.46. The lowest BCUT2D eigenvalue weighted by atomic mass is 9.78. The molecular weight excluding hydrogens is 288 g/mol. The van der Waals surface area contributed by atoms with Gasteiger partial charge in [0.05, 0.1) is 12.8 Å². The van der Waals surface area contributed by atoms with Gasteiger partial charge in [-0.15, -0.1) is 0 Å². The van der Waals surface area contributed by atoms with E-state index in [-0.39, 0.29) is 11.9 Å². The minimum atomic E-state index is 0.0195. The van der Waals surface area contributed by atoms with E-state index >= 15 is 0 Å². The Balaban J connectivity index is 1.85. The van der Waals surface area contributed by atoms with Gasteiger partial charge in [0.25, 0.3) is 0 Å². The van der Waals surface area contributed by atoms with Crippen LogP contribution in [-0.4, -0.2) is 25.1 Å². The van der Waals surface area contributed by atoms with Crippen molar-refractivity contribution in [2.45, 2.75) is 58.5 Å². The van der Waals surface area contributed by atoms with Crippen LogP contribution in [0.3, 0.4) is 0 Å². The van der Waals surface area contributed by atoms with E-state index in [1.54, 1.807) is 7.11 Å². The Morgan fingerprint density at radius 3 is 2.78 bits per heavy atom. The van der Waals surface area contributed by atoms with Crippen LogP contribution in [-0.2, 0) is 4.79 Å². The summed E-state index contributed by atoms with van der Waals surface area (Å²) in [7, 11) is 1.61. The van der Waals surface area contributed by atoms with Gasteiger partial charge in [-0.25, -0.2) is 0 Å². The number of rotatable bonds is 6. The fourth-order valence-electron chi connectivity index (χ4n) is 3.47. The quantitative estimate of drug-likeness (QED) is 0.838. The number of hydrogen-bond donors (Lipinski definition) is 2. The Morgan fingerprint density at radius 2 is 2.04 bits per heavy atom. The van der Waals surface area contributed by atoms with Crippen LogP contribution in [0.15, 0.2) is 24.3 Å². The summed E-state index contributed by atoms with van der Waals surface area (Å²) in [5, 5.41) is 6.60. The zero-order valence-electron chi connectivity index (χ0n) is 14.8. The van der Waals surface area contributed by atoms with Crippen LogP contribution in [0.2, 0.25) is 0 Å². The summed E-state index contributed by atoms with van der Waals surface area (Å²) in [6.07, 6.45) is 4.28. The first-order valence-corrected chi connectivity index (χ1v) is 8.70. The highest BCUT2D eigenvalue weighted by Crippen LogP contribution is 2.30. The van der Waals surface area contributed by atoms with Gasteiger partial charge >= 0.3 is 0 Å². The lowest BCUT2D eigenvalue weighted by Crippen LogP contribution is -2.45. The highest BCUT2D eigenvalue weighted by molar-refractivity contribution is 5.92. The van der Waals surface area contributed by atoms with Crippen LogP contribution >= 0.6 is 0 Å². The molecular formula is C19H30N2O2. The third-order valence-electron chi connectivity index (χ3n) is 5.08. The number of ether oxygens (including phenoxy) is 1. The van der Waals surface area contributed by atoms with Crippen molar-refractivity contribution >= 4 is 11.6 Å². The maximum Gasteiger partial charge on any atom is 0.226 e. The molecule has 0 bridgehead atoms. The molecule has 4 nitrogen and oxygen atoms in total. The lowest BCUT2D eigenvalue weighted by molar-refractivity contribution is -0.116. The number of amides is 1. The van der Waals surface area contributed by atoms with Gasteiger partial charge in [-0.05, 0) is 37.3 Å². The van der Waals surface area contributed by atoms with Crippen LogP contribution in [0.5, 0.6) is 5.75 Å². The van der Waals surface area contributed by atoms with Gasteiger partial charge < -0.3 is 15.4 Å². The fraction of sp³-hybridized carbons (Fsp3) is 0.632. The maximum absolute atomic E-state index is 12.3. The lowest BCUT2D eigenvalue weighted by Gasteiger charge is -2.36. The van der Waals surface area contributed by atoms with Gasteiger partial charge in [0.1, 0.15) is 5.75 Å². The fourth-order valence-corrected chi connectivity index (χ4v) is 3.47. The van der Waals surface area contributed by atoms with Crippen molar-refractivity contribution in [3.8, 4) is 5.75 Å². The molecule has 0 spiro atoms. The van der Waals surface area contributed by atoms with Gasteiger partial charge in [-0.3, -0.25) is 4.79 Å². The summed E-state index contributed by atoms with van der Waals surface area (Å²) >= 11 is 0. The van der Waals surface area contributed by atoms with E-state index in [1.807, 2.05) is 24.3 Å². The second kappa shape index (κ2) is 8.34. The largest absolute Gasteiger partial charge is 0.495 e. The molecule has 0 unspecified atom stereocenters. The number of carbonyl (C=O) groups excluding carboxylic acids is 1. The minimum absolute atomic E-state index is 0.0195. The molecule has 0 radical (unpaired) electrons. The summed E-state index contributed by atoms with van der Waals surface area (Å²) in [6.45, 7) is 6.74. The van der Waals surface area contributed by atoms with E-state index in [1.165, 1.54) is 19.3 Å². The zero-order chi connectivity index (χ0) is 16.8. The topological polar surface area (TPSA) is 50.4 Å². The van der Waals surface area contributed by atoms with Gasteiger partial charge in [-0.2, -0.15) is 0 Å². The van der Waals surface area contributed by atoms with Gasteiger partial charge in [0.15, 0.2) is 0 Å². The second-order valence-electron chi connectivity index (χ2n) is 6.89.